The lowest BCUT2D eigenvalue weighted by Crippen LogP contribution is -2.63. The molecule has 2 atom stereocenters. The summed E-state index contributed by atoms with van der Waals surface area (Å²) in [6.07, 6.45) is 2.86. The minimum absolute atomic E-state index is 0.0942. The van der Waals surface area contributed by atoms with Crippen molar-refractivity contribution in [1.82, 2.24) is 10.2 Å². The molecule has 0 spiro atoms. The van der Waals surface area contributed by atoms with Gasteiger partial charge >= 0.3 is 0 Å². The Morgan fingerprint density at radius 1 is 1.21 bits per heavy atom. The van der Waals surface area contributed by atoms with E-state index < -0.39 is 0 Å². The maximum Gasteiger partial charge on any atom is 0.0535 e. The molecule has 1 aliphatic carbocycles. The van der Waals surface area contributed by atoms with Gasteiger partial charge < -0.3 is 5.32 Å². The van der Waals surface area contributed by atoms with Crippen molar-refractivity contribution in [3.05, 3.63) is 35.9 Å². The van der Waals surface area contributed by atoms with Crippen LogP contribution in [0.2, 0.25) is 0 Å². The number of hydrogen-bond acceptors (Lipinski definition) is 2. The maximum absolute atomic E-state index is 3.83. The van der Waals surface area contributed by atoms with Gasteiger partial charge in [-0.1, -0.05) is 30.3 Å². The molecule has 1 aromatic carbocycles. The van der Waals surface area contributed by atoms with E-state index in [1.165, 1.54) is 18.4 Å². The summed E-state index contributed by atoms with van der Waals surface area (Å²) in [6.45, 7) is 9.28. The molecular weight excluding hydrogens is 232 g/mol. The van der Waals surface area contributed by atoms with Crippen molar-refractivity contribution in [2.75, 3.05) is 13.1 Å². The van der Waals surface area contributed by atoms with Crippen LogP contribution in [0.1, 0.15) is 39.2 Å². The number of hydrogen-bond donors (Lipinski definition) is 1. The van der Waals surface area contributed by atoms with Crippen molar-refractivity contribution in [1.29, 1.82) is 0 Å². The molecule has 2 unspecified atom stereocenters. The van der Waals surface area contributed by atoms with E-state index >= 15 is 0 Å². The van der Waals surface area contributed by atoms with E-state index in [9.17, 15) is 0 Å². The van der Waals surface area contributed by atoms with Gasteiger partial charge in [-0.2, -0.15) is 0 Å². The lowest BCUT2D eigenvalue weighted by Gasteiger charge is -2.48. The smallest absolute Gasteiger partial charge is 0.0535 e. The molecule has 3 rings (SSSR count). The van der Waals surface area contributed by atoms with Gasteiger partial charge in [0.05, 0.1) is 5.54 Å². The van der Waals surface area contributed by atoms with Crippen LogP contribution in [0, 0.1) is 5.92 Å². The largest absolute Gasteiger partial charge is 0.305 e. The fourth-order valence-corrected chi connectivity index (χ4v) is 3.47. The Kier molecular flexibility index (Phi) is 3.40. The van der Waals surface area contributed by atoms with Crippen LogP contribution < -0.4 is 5.32 Å². The first-order chi connectivity index (χ1) is 9.10. The zero-order valence-electron chi connectivity index (χ0n) is 12.4. The van der Waals surface area contributed by atoms with Crippen molar-refractivity contribution in [2.45, 2.75) is 51.2 Å². The maximum atomic E-state index is 3.83. The molecule has 0 aromatic heterocycles. The van der Waals surface area contributed by atoms with Gasteiger partial charge in [-0.05, 0) is 45.1 Å². The predicted molar refractivity (Wildman–Crippen MR) is 80.2 cm³/mol. The predicted octanol–water partition coefficient (Wildman–Crippen LogP) is 2.99. The Labute approximate surface area is 117 Å². The van der Waals surface area contributed by atoms with Gasteiger partial charge in [0.1, 0.15) is 0 Å². The van der Waals surface area contributed by atoms with Gasteiger partial charge in [0, 0.05) is 25.2 Å². The molecule has 2 nitrogen and oxygen atoms in total. The van der Waals surface area contributed by atoms with E-state index in [1.807, 2.05) is 0 Å². The summed E-state index contributed by atoms with van der Waals surface area (Å²) < 4.78 is 0. The Morgan fingerprint density at radius 2 is 1.89 bits per heavy atom. The highest BCUT2D eigenvalue weighted by molar-refractivity contribution is 5.25. The summed E-state index contributed by atoms with van der Waals surface area (Å²) in [5, 5.41) is 3.83. The van der Waals surface area contributed by atoms with Crippen LogP contribution in [0.3, 0.4) is 0 Å². The Morgan fingerprint density at radius 3 is 2.47 bits per heavy atom. The van der Waals surface area contributed by atoms with E-state index in [2.05, 4.69) is 61.3 Å². The molecule has 0 radical (unpaired) electrons. The molecule has 2 aliphatic rings. The van der Waals surface area contributed by atoms with Gasteiger partial charge in [0.2, 0.25) is 0 Å². The fraction of sp³-hybridized carbons (Fsp3) is 0.647. The van der Waals surface area contributed by atoms with Crippen molar-refractivity contribution in [3.8, 4) is 0 Å². The van der Waals surface area contributed by atoms with Crippen molar-refractivity contribution in [2.24, 2.45) is 5.92 Å². The number of piperazine rings is 1. The second-order valence-electron chi connectivity index (χ2n) is 6.75. The van der Waals surface area contributed by atoms with E-state index in [1.54, 1.807) is 0 Å². The van der Waals surface area contributed by atoms with E-state index in [-0.39, 0.29) is 5.54 Å². The lowest BCUT2D eigenvalue weighted by atomic mass is 9.86. The van der Waals surface area contributed by atoms with Crippen molar-refractivity contribution >= 4 is 0 Å². The topological polar surface area (TPSA) is 15.3 Å². The summed E-state index contributed by atoms with van der Waals surface area (Å²) in [6, 6.07) is 12.3. The number of benzene rings is 1. The molecule has 1 aliphatic heterocycles. The van der Waals surface area contributed by atoms with Crippen LogP contribution in [0.4, 0.5) is 0 Å². The number of nitrogens with one attached hydrogen (secondary N) is 1. The molecular formula is C17H26N2. The normalized spacial score (nSPS) is 32.7. The van der Waals surface area contributed by atoms with Gasteiger partial charge in [0.15, 0.2) is 0 Å². The molecule has 1 saturated carbocycles. The van der Waals surface area contributed by atoms with Crippen LogP contribution in [0.5, 0.6) is 0 Å². The zero-order valence-corrected chi connectivity index (χ0v) is 12.4. The first kappa shape index (κ1) is 13.1. The van der Waals surface area contributed by atoms with Gasteiger partial charge in [0.25, 0.3) is 0 Å². The van der Waals surface area contributed by atoms with Crippen LogP contribution in [-0.4, -0.2) is 30.1 Å². The standard InChI is InChI=1S/C17H26N2/c1-13(2)19-12-17(3,15-7-5-4-6-8-15)18-11-16(19)14-9-10-14/h4-8,13-14,16,18H,9-12H2,1-3H3. The first-order valence-electron chi connectivity index (χ1n) is 7.66. The minimum Gasteiger partial charge on any atom is -0.305 e. The third-order valence-corrected chi connectivity index (χ3v) is 4.87. The van der Waals surface area contributed by atoms with E-state index in [0.29, 0.717) is 6.04 Å². The molecule has 1 aromatic rings. The Bertz CT molecular complexity index is 424. The zero-order chi connectivity index (χ0) is 13.5. The lowest BCUT2D eigenvalue weighted by molar-refractivity contribution is 0.0476. The number of rotatable bonds is 3. The molecule has 19 heavy (non-hydrogen) atoms. The van der Waals surface area contributed by atoms with Gasteiger partial charge in [-0.15, -0.1) is 0 Å². The second kappa shape index (κ2) is 4.92. The van der Waals surface area contributed by atoms with Crippen LogP contribution >= 0.6 is 0 Å². The molecule has 1 saturated heterocycles. The fourth-order valence-electron chi connectivity index (χ4n) is 3.47. The molecule has 104 valence electrons. The van der Waals surface area contributed by atoms with Crippen LogP contribution in [0.15, 0.2) is 30.3 Å². The Balaban J connectivity index is 1.82. The van der Waals surface area contributed by atoms with Gasteiger partial charge in [-0.3, -0.25) is 4.90 Å². The SMILES string of the molecule is CC(C)N1CC(C)(c2ccccc2)NCC1C1CC1. The highest BCUT2D eigenvalue weighted by Gasteiger charge is 2.43. The Hall–Kier alpha value is -0.860. The molecule has 1 N–H and O–H groups in total. The molecule has 2 heteroatoms. The highest BCUT2D eigenvalue weighted by atomic mass is 15.3. The number of nitrogens with zero attached hydrogens (tertiary/aromatic N) is 1. The van der Waals surface area contributed by atoms with E-state index in [0.717, 1.165) is 25.0 Å². The van der Waals surface area contributed by atoms with Crippen LogP contribution in [-0.2, 0) is 5.54 Å². The third-order valence-electron chi connectivity index (χ3n) is 4.87. The molecule has 1 heterocycles. The summed E-state index contributed by atoms with van der Waals surface area (Å²) in [7, 11) is 0. The van der Waals surface area contributed by atoms with Gasteiger partial charge in [-0.25, -0.2) is 0 Å². The van der Waals surface area contributed by atoms with E-state index in [4.69, 9.17) is 0 Å². The second-order valence-corrected chi connectivity index (χ2v) is 6.75. The van der Waals surface area contributed by atoms with Crippen molar-refractivity contribution in [3.63, 3.8) is 0 Å². The highest BCUT2D eigenvalue weighted by Crippen LogP contribution is 2.39. The summed E-state index contributed by atoms with van der Waals surface area (Å²) in [4.78, 5) is 2.72. The summed E-state index contributed by atoms with van der Waals surface area (Å²) >= 11 is 0. The average Bonchev–Trinajstić information content (AvgIpc) is 3.24. The molecule has 2 fully saturated rings. The first-order valence-corrected chi connectivity index (χ1v) is 7.66. The van der Waals surface area contributed by atoms with Crippen molar-refractivity contribution < 1.29 is 0 Å². The minimum atomic E-state index is 0.0942. The average molecular weight is 258 g/mol. The summed E-state index contributed by atoms with van der Waals surface area (Å²) in [5.74, 6) is 0.940. The molecule has 0 bridgehead atoms. The van der Waals surface area contributed by atoms with Crippen LogP contribution in [0.25, 0.3) is 0 Å². The quantitative estimate of drug-likeness (QED) is 0.896. The summed E-state index contributed by atoms with van der Waals surface area (Å²) in [5.41, 5.74) is 1.51. The molecule has 0 amide bonds. The third kappa shape index (κ3) is 2.56. The monoisotopic (exact) mass is 258 g/mol.